The molecule has 2 aromatic rings. The smallest absolute Gasteiger partial charge is 0.228 e. The molecule has 0 aliphatic rings. The third kappa shape index (κ3) is 4.51. The Bertz CT molecular complexity index is 559. The predicted octanol–water partition coefficient (Wildman–Crippen LogP) is 3.54. The summed E-state index contributed by atoms with van der Waals surface area (Å²) in [6.07, 6.45) is 0.618. The van der Waals surface area contributed by atoms with Crippen molar-refractivity contribution in [2.24, 2.45) is 11.7 Å². The summed E-state index contributed by atoms with van der Waals surface area (Å²) in [7, 11) is 0. The molecule has 0 saturated carbocycles. The molecule has 0 radical (unpaired) electrons. The first-order valence-corrected chi connectivity index (χ1v) is 7.86. The molecule has 2 N–H and O–H groups in total. The Morgan fingerprint density at radius 2 is 2.20 bits per heavy atom. The van der Waals surface area contributed by atoms with Gasteiger partial charge >= 0.3 is 0 Å². The zero-order valence-electron chi connectivity index (χ0n) is 11.5. The van der Waals surface area contributed by atoms with Crippen molar-refractivity contribution in [3.05, 3.63) is 41.0 Å². The van der Waals surface area contributed by atoms with E-state index in [0.717, 1.165) is 9.92 Å². The molecule has 4 nitrogen and oxygen atoms in total. The quantitative estimate of drug-likeness (QED) is 0.827. The summed E-state index contributed by atoms with van der Waals surface area (Å²) in [4.78, 5) is 5.44. The normalized spacial score (nSPS) is 12.8. The molecule has 1 aromatic heterocycles. The van der Waals surface area contributed by atoms with E-state index in [0.29, 0.717) is 29.8 Å². The highest BCUT2D eigenvalue weighted by Gasteiger charge is 2.14. The molecule has 0 aliphatic carbocycles. The Balaban J connectivity index is 1.90. The fourth-order valence-corrected chi connectivity index (χ4v) is 2.63. The Morgan fingerprint density at radius 3 is 2.90 bits per heavy atom. The maximum atomic E-state index is 5.99. The fourth-order valence-electron chi connectivity index (χ4n) is 1.57. The summed E-state index contributed by atoms with van der Waals surface area (Å²) in [5.74, 6) is 2.33. The van der Waals surface area contributed by atoms with E-state index in [1.807, 2.05) is 24.3 Å². The monoisotopic (exact) mass is 311 g/mol. The highest BCUT2D eigenvalue weighted by atomic mass is 35.5. The molecule has 0 saturated heterocycles. The second kappa shape index (κ2) is 7.11. The lowest BCUT2D eigenvalue weighted by atomic mass is 10.0. The summed E-state index contributed by atoms with van der Waals surface area (Å²) in [6, 6.07) is 7.75. The molecule has 108 valence electrons. The highest BCUT2D eigenvalue weighted by molar-refractivity contribution is 7.98. The van der Waals surface area contributed by atoms with Crippen LogP contribution in [0.15, 0.2) is 33.7 Å². The van der Waals surface area contributed by atoms with Crippen molar-refractivity contribution in [1.29, 1.82) is 0 Å². The molecule has 1 aromatic carbocycles. The molecule has 1 unspecified atom stereocenters. The van der Waals surface area contributed by atoms with E-state index in [1.54, 1.807) is 11.8 Å². The molecule has 1 heterocycles. The maximum Gasteiger partial charge on any atom is 0.228 e. The van der Waals surface area contributed by atoms with Crippen LogP contribution in [0.25, 0.3) is 0 Å². The maximum absolute atomic E-state index is 5.99. The number of halogens is 1. The number of rotatable bonds is 6. The predicted molar refractivity (Wildman–Crippen MR) is 81.8 cm³/mol. The van der Waals surface area contributed by atoms with Gasteiger partial charge < -0.3 is 10.3 Å². The van der Waals surface area contributed by atoms with E-state index in [2.05, 4.69) is 24.0 Å². The summed E-state index contributed by atoms with van der Waals surface area (Å²) in [5, 5.41) is 4.70. The number of nitrogens with two attached hydrogens (primary N) is 1. The molecule has 6 heteroatoms. The van der Waals surface area contributed by atoms with Crippen molar-refractivity contribution in [2.45, 2.75) is 37.0 Å². The Hall–Kier alpha value is -1.04. The van der Waals surface area contributed by atoms with Crippen molar-refractivity contribution in [2.75, 3.05) is 0 Å². The van der Waals surface area contributed by atoms with Crippen molar-refractivity contribution >= 4 is 23.4 Å². The van der Waals surface area contributed by atoms with Gasteiger partial charge in [-0.1, -0.05) is 36.7 Å². The van der Waals surface area contributed by atoms with Gasteiger partial charge in [-0.15, -0.1) is 11.8 Å². The lowest BCUT2D eigenvalue weighted by Gasteiger charge is -2.11. The van der Waals surface area contributed by atoms with E-state index in [9.17, 15) is 0 Å². The molecule has 0 bridgehead atoms. The van der Waals surface area contributed by atoms with Gasteiger partial charge in [0, 0.05) is 22.4 Å². The number of benzene rings is 1. The first-order valence-electron chi connectivity index (χ1n) is 6.50. The van der Waals surface area contributed by atoms with E-state index in [-0.39, 0.29) is 6.04 Å². The van der Waals surface area contributed by atoms with Crippen molar-refractivity contribution in [1.82, 2.24) is 10.1 Å². The Morgan fingerprint density at radius 1 is 1.40 bits per heavy atom. The van der Waals surface area contributed by atoms with E-state index >= 15 is 0 Å². The number of aromatic nitrogens is 2. The lowest BCUT2D eigenvalue weighted by Crippen LogP contribution is -2.28. The topological polar surface area (TPSA) is 64.9 Å². The summed E-state index contributed by atoms with van der Waals surface area (Å²) < 4.78 is 5.22. The van der Waals surface area contributed by atoms with Crippen molar-refractivity contribution in [3.63, 3.8) is 0 Å². The second-order valence-corrected chi connectivity index (χ2v) is 6.45. The molecule has 20 heavy (non-hydrogen) atoms. The molecule has 1 atom stereocenters. The molecule has 0 aliphatic heterocycles. The minimum absolute atomic E-state index is 0.0453. The first-order chi connectivity index (χ1) is 9.54. The number of nitrogens with zero attached hydrogens (tertiary/aromatic N) is 2. The minimum Gasteiger partial charge on any atom is -0.339 e. The van der Waals surface area contributed by atoms with E-state index in [4.69, 9.17) is 21.9 Å². The van der Waals surface area contributed by atoms with Gasteiger partial charge in [0.05, 0.1) is 5.75 Å². The van der Waals surface area contributed by atoms with Gasteiger partial charge in [0.25, 0.3) is 0 Å². The summed E-state index contributed by atoms with van der Waals surface area (Å²) in [6.45, 7) is 4.16. The van der Waals surface area contributed by atoms with Crippen LogP contribution in [0, 0.1) is 5.92 Å². The zero-order chi connectivity index (χ0) is 14.5. The third-order valence-electron chi connectivity index (χ3n) is 2.94. The highest BCUT2D eigenvalue weighted by Crippen LogP contribution is 2.24. The van der Waals surface area contributed by atoms with Gasteiger partial charge in [0.15, 0.2) is 5.82 Å². The Kier molecular flexibility index (Phi) is 5.46. The molecule has 0 fully saturated rings. The van der Waals surface area contributed by atoms with Gasteiger partial charge in [-0.25, -0.2) is 0 Å². The van der Waals surface area contributed by atoms with Gasteiger partial charge in [0.1, 0.15) is 0 Å². The third-order valence-corrected chi connectivity index (χ3v) is 4.17. The van der Waals surface area contributed by atoms with E-state index in [1.165, 1.54) is 0 Å². The molecule has 0 spiro atoms. The van der Waals surface area contributed by atoms with Crippen LogP contribution in [0.5, 0.6) is 0 Å². The number of thioether (sulfide) groups is 1. The van der Waals surface area contributed by atoms with Crippen LogP contribution < -0.4 is 5.73 Å². The van der Waals surface area contributed by atoms with Gasteiger partial charge in [-0.2, -0.15) is 4.98 Å². The fraction of sp³-hybridized carbons (Fsp3) is 0.429. The van der Waals surface area contributed by atoms with Crippen LogP contribution in [0.4, 0.5) is 0 Å². The van der Waals surface area contributed by atoms with Crippen LogP contribution in [0.1, 0.15) is 25.6 Å². The standard InChI is InChI=1S/C14H18ClN3OS/c1-9(2)12(16)7-14-17-13(18-19-14)8-20-11-5-3-4-10(15)6-11/h3-6,9,12H,7-8,16H2,1-2H3. The lowest BCUT2D eigenvalue weighted by molar-refractivity contribution is 0.350. The summed E-state index contributed by atoms with van der Waals surface area (Å²) in [5.41, 5.74) is 5.99. The van der Waals surface area contributed by atoms with Crippen LogP contribution in [-0.4, -0.2) is 16.2 Å². The zero-order valence-corrected chi connectivity index (χ0v) is 13.1. The van der Waals surface area contributed by atoms with Gasteiger partial charge in [-0.05, 0) is 24.1 Å². The second-order valence-electron chi connectivity index (χ2n) is 4.96. The largest absolute Gasteiger partial charge is 0.339 e. The van der Waals surface area contributed by atoms with Crippen LogP contribution >= 0.6 is 23.4 Å². The number of hydrogen-bond acceptors (Lipinski definition) is 5. The summed E-state index contributed by atoms with van der Waals surface area (Å²) >= 11 is 7.57. The van der Waals surface area contributed by atoms with Crippen LogP contribution in [0.2, 0.25) is 5.02 Å². The molecular formula is C14H18ClN3OS. The molecule has 2 rings (SSSR count). The minimum atomic E-state index is 0.0453. The SMILES string of the molecule is CC(C)C(N)Cc1nc(CSc2cccc(Cl)c2)no1. The average Bonchev–Trinajstić information content (AvgIpc) is 2.84. The van der Waals surface area contributed by atoms with Crippen LogP contribution in [-0.2, 0) is 12.2 Å². The molecular weight excluding hydrogens is 294 g/mol. The molecule has 0 amide bonds. The van der Waals surface area contributed by atoms with Crippen LogP contribution in [0.3, 0.4) is 0 Å². The van der Waals surface area contributed by atoms with Gasteiger partial charge in [-0.3, -0.25) is 0 Å². The first kappa shape index (κ1) is 15.4. The van der Waals surface area contributed by atoms with Crippen molar-refractivity contribution in [3.8, 4) is 0 Å². The number of hydrogen-bond donors (Lipinski definition) is 1. The van der Waals surface area contributed by atoms with E-state index < -0.39 is 0 Å². The van der Waals surface area contributed by atoms with Gasteiger partial charge in [0.2, 0.25) is 5.89 Å². The van der Waals surface area contributed by atoms with Crippen molar-refractivity contribution < 1.29 is 4.52 Å². The Labute approximate surface area is 128 Å². The average molecular weight is 312 g/mol.